The second-order valence-electron chi connectivity index (χ2n) is 27.8. The van der Waals surface area contributed by atoms with E-state index < -0.39 is 89.9 Å². The minimum atomic E-state index is -1.11. The van der Waals surface area contributed by atoms with E-state index in [1.807, 2.05) is 19.0 Å². The first-order chi connectivity index (χ1) is 42.5. The lowest BCUT2D eigenvalue weighted by Crippen LogP contribution is -2.61. The third-order valence-electron chi connectivity index (χ3n) is 20.4. The van der Waals surface area contributed by atoms with Crippen LogP contribution >= 0.6 is 12.6 Å². The molecular weight excluding hydrogens is 1170 g/mol. The average Bonchev–Trinajstić information content (AvgIpc) is 1.56. The Bertz CT molecular complexity index is 2580. The fourth-order valence-corrected chi connectivity index (χ4v) is 15.9. The Balaban J connectivity index is 0.747. The van der Waals surface area contributed by atoms with Gasteiger partial charge < -0.3 is 73.9 Å². The van der Waals surface area contributed by atoms with Gasteiger partial charge in [0.05, 0.1) is 78.9 Å². The molecule has 3 unspecified atom stereocenters. The highest BCUT2D eigenvalue weighted by Gasteiger charge is 2.69. The lowest BCUT2D eigenvalue weighted by Gasteiger charge is -2.47. The Morgan fingerprint density at radius 2 is 1.49 bits per heavy atom. The number of unbranched alkanes of at least 4 members (excludes halogenated alkanes) is 3. The summed E-state index contributed by atoms with van der Waals surface area (Å²) in [4.78, 5) is 96.3. The number of rotatable bonds is 23. The van der Waals surface area contributed by atoms with Crippen molar-refractivity contribution in [1.82, 2.24) is 31.1 Å². The van der Waals surface area contributed by atoms with Crippen LogP contribution in [0.2, 0.25) is 0 Å². The van der Waals surface area contributed by atoms with Crippen molar-refractivity contribution in [3.05, 3.63) is 24.3 Å². The number of likely N-dealkylation sites (tertiary alicyclic amines) is 1. The van der Waals surface area contributed by atoms with Crippen LogP contribution in [-0.2, 0) is 76.2 Å². The summed E-state index contributed by atoms with van der Waals surface area (Å²) in [6.07, 6.45) is 4.72. The van der Waals surface area contributed by atoms with Crippen LogP contribution in [0.3, 0.4) is 0 Å². The number of fused-ring (bicyclic) bond motifs is 6. The van der Waals surface area contributed by atoms with Crippen LogP contribution in [0.25, 0.3) is 0 Å². The van der Waals surface area contributed by atoms with Crippen molar-refractivity contribution in [1.29, 1.82) is 0 Å². The number of amides is 6. The number of Topliss-reactive ketones (excluding diaryl/α,β-unsaturated/α-hetero) is 1. The zero-order chi connectivity index (χ0) is 63.4. The number of nitrogens with one attached hydrogen (secondary N) is 4. The van der Waals surface area contributed by atoms with E-state index in [1.165, 1.54) is 4.90 Å². The van der Waals surface area contributed by atoms with E-state index in [0.717, 1.165) is 56.2 Å². The predicted octanol–water partition coefficient (Wildman–Crippen LogP) is 3.69. The number of methoxy groups -OCH3 is 1. The second kappa shape index (κ2) is 30.0. The molecule has 11 fully saturated rings. The third kappa shape index (κ3) is 16.4. The molecule has 11 rings (SSSR count). The number of nitrogens with zero attached hydrogens (tertiary/aromatic N) is 2. The molecule has 24 heteroatoms. The van der Waals surface area contributed by atoms with Gasteiger partial charge in [-0.2, -0.15) is 12.6 Å². The normalized spacial score (nSPS) is 37.9. The van der Waals surface area contributed by atoms with Crippen molar-refractivity contribution in [2.75, 3.05) is 47.4 Å². The fourth-order valence-electron chi connectivity index (χ4n) is 15.6. The zero-order valence-corrected chi connectivity index (χ0v) is 54.0. The Kier molecular flexibility index (Phi) is 22.9. The number of ketones is 1. The van der Waals surface area contributed by atoms with E-state index in [2.05, 4.69) is 54.0 Å². The van der Waals surface area contributed by atoms with Gasteiger partial charge in [-0.15, -0.1) is 0 Å². The molecule has 11 aliphatic heterocycles. The second-order valence-corrected chi connectivity index (χ2v) is 28.4. The summed E-state index contributed by atoms with van der Waals surface area (Å²) in [5.74, 6) is -4.03. The molecule has 11 aliphatic rings. The molecule has 22 atom stereocenters. The molecule has 12 bridgehead atoms. The van der Waals surface area contributed by atoms with Gasteiger partial charge in [-0.05, 0) is 121 Å². The van der Waals surface area contributed by atoms with Gasteiger partial charge in [0.25, 0.3) is 0 Å². The van der Waals surface area contributed by atoms with Crippen molar-refractivity contribution in [2.45, 2.75) is 276 Å². The summed E-state index contributed by atoms with van der Waals surface area (Å²) in [5.41, 5.74) is 2.04. The van der Waals surface area contributed by atoms with Crippen LogP contribution in [0.15, 0.2) is 24.3 Å². The number of imide groups is 1. The van der Waals surface area contributed by atoms with Gasteiger partial charge in [0.2, 0.25) is 35.4 Å². The van der Waals surface area contributed by atoms with Crippen LogP contribution in [0.1, 0.15) is 156 Å². The monoisotopic (exact) mass is 1270 g/mol. The lowest BCUT2D eigenvalue weighted by molar-refractivity contribution is -0.292. The average molecular weight is 1270 g/mol. The molecule has 11 heterocycles. The smallest absolute Gasteiger partial charge is 0.243 e. The van der Waals surface area contributed by atoms with E-state index in [0.29, 0.717) is 57.8 Å². The standard InChI is InChI=1S/C65H100N6O17S/c1-34(2)55(69-52(74)15-10-9-12-23-71-54(76)30-51(89)64(71)79)63(78)68-44(14-11-13-22-70(6)7)62(77)67-33-53(75)66-32-39(73)28-49-56(80-8)43-27-38(72)26-41-17-19-46-57(83-41)61-60-59(85-46)58-50(86-60)31-65(87-58,88-61)21-20-42-25-36(4)45(81-42)18-16-40-24-35(3)37(5)47(82-40)29-48(43)84-49/h34-35,39-51,55-61,73,89H,4-5,9-33H2,1-3,6-8H3,(H,66,75)(H,67,77)(H,68,78)(H,69,74)/t35-,39+,40+,41-,42+,43+,44+,45?,46+,47-,48+,49-,50?,51?,55+,56-,57+,58+,59+,60-,61+,65+/m1/s1. The number of aliphatic hydroxyl groups excluding tert-OH is 1. The minimum absolute atomic E-state index is 0.00411. The summed E-state index contributed by atoms with van der Waals surface area (Å²) < 4.78 is 60.9. The topological polar surface area (TPSA) is 277 Å². The molecule has 0 aromatic carbocycles. The molecule has 0 aliphatic carbocycles. The summed E-state index contributed by atoms with van der Waals surface area (Å²) in [6.45, 7) is 15.1. The van der Waals surface area contributed by atoms with Crippen LogP contribution in [-0.4, -0.2) is 224 Å². The Morgan fingerprint density at radius 3 is 2.25 bits per heavy atom. The van der Waals surface area contributed by atoms with E-state index in [-0.39, 0.29) is 148 Å². The summed E-state index contributed by atoms with van der Waals surface area (Å²) in [7, 11) is 5.47. The fraction of sp³-hybridized carbons (Fsp3) is 0.831. The number of hydrogen-bond acceptors (Lipinski definition) is 19. The van der Waals surface area contributed by atoms with Crippen molar-refractivity contribution >= 4 is 53.9 Å². The van der Waals surface area contributed by atoms with Gasteiger partial charge in [-0.3, -0.25) is 38.5 Å². The number of carbonyl (C=O) groups is 7. The minimum Gasteiger partial charge on any atom is -0.391 e. The number of aliphatic hydroxyl groups is 1. The maximum atomic E-state index is 14.6. The third-order valence-corrected chi connectivity index (χ3v) is 20.8. The van der Waals surface area contributed by atoms with Crippen molar-refractivity contribution < 1.29 is 81.3 Å². The van der Waals surface area contributed by atoms with Gasteiger partial charge in [0, 0.05) is 77.5 Å². The van der Waals surface area contributed by atoms with Crippen LogP contribution < -0.4 is 21.3 Å². The summed E-state index contributed by atoms with van der Waals surface area (Å²) >= 11 is 4.17. The summed E-state index contributed by atoms with van der Waals surface area (Å²) in [5, 5.41) is 22.1. The van der Waals surface area contributed by atoms with E-state index >= 15 is 0 Å². The Morgan fingerprint density at radius 1 is 0.753 bits per heavy atom. The molecule has 498 valence electrons. The molecule has 11 saturated heterocycles. The van der Waals surface area contributed by atoms with Crippen LogP contribution in [0.5, 0.6) is 0 Å². The highest BCUT2D eigenvalue weighted by Crippen LogP contribution is 2.54. The number of thiol groups is 1. The maximum Gasteiger partial charge on any atom is 0.243 e. The van der Waals surface area contributed by atoms with E-state index in [4.69, 9.17) is 42.6 Å². The van der Waals surface area contributed by atoms with Gasteiger partial charge in [0.15, 0.2) is 5.79 Å². The van der Waals surface area contributed by atoms with Crippen molar-refractivity contribution in [2.24, 2.45) is 17.8 Å². The quantitative estimate of drug-likeness (QED) is 0.0368. The Hall–Kier alpha value is -3.92. The molecule has 89 heavy (non-hydrogen) atoms. The predicted molar refractivity (Wildman–Crippen MR) is 327 cm³/mol. The first-order valence-corrected chi connectivity index (χ1v) is 33.8. The Labute approximate surface area is 529 Å². The highest BCUT2D eigenvalue weighted by atomic mass is 32.1. The highest BCUT2D eigenvalue weighted by molar-refractivity contribution is 7.81. The first kappa shape index (κ1) is 68.0. The van der Waals surface area contributed by atoms with E-state index in [9.17, 15) is 38.7 Å². The van der Waals surface area contributed by atoms with Crippen molar-refractivity contribution in [3.63, 3.8) is 0 Å². The largest absolute Gasteiger partial charge is 0.391 e. The maximum absolute atomic E-state index is 14.6. The summed E-state index contributed by atoms with van der Waals surface area (Å²) in [6, 6.07) is -1.97. The van der Waals surface area contributed by atoms with Gasteiger partial charge >= 0.3 is 0 Å². The first-order valence-electron chi connectivity index (χ1n) is 33.2. The molecule has 0 radical (unpaired) electrons. The molecule has 6 amide bonds. The molecule has 0 saturated carbocycles. The van der Waals surface area contributed by atoms with Crippen molar-refractivity contribution in [3.8, 4) is 0 Å². The molecule has 0 aromatic heterocycles. The van der Waals surface area contributed by atoms with Crippen LogP contribution in [0, 0.1) is 17.8 Å². The SMILES string of the molecule is C=C1C[C@@H]2CC[C@@]34CC5O[C@H]6[C@@H](O3)[C@H]3O[C@H](CC[C@@H]3O[C@H]6[C@H]5O4)CC(=O)C[C@@H]3[C@@H](OC)[C@@H](C[C@H](O)CNC(=O)CNC(=O)[C@H](CCCCN(C)C)NC(=O)[C@@H](NC(=O)CCCCCN4C(=O)CC(S)C4=O)C(C)C)O[C@H]3C[C@H]3O[C@@H](CCC1O2)C[C@@H](C)C3=C. The van der Waals surface area contributed by atoms with E-state index in [1.54, 1.807) is 21.0 Å². The molecule has 1 spiro atoms. The van der Waals surface area contributed by atoms with Gasteiger partial charge in [0.1, 0.15) is 48.4 Å². The zero-order valence-electron chi connectivity index (χ0n) is 53.1. The molecular formula is C65H100N6O17S. The van der Waals surface area contributed by atoms with Gasteiger partial charge in [-0.25, -0.2) is 0 Å². The molecule has 5 N–H and O–H groups in total. The number of hydrogen-bond donors (Lipinski definition) is 6. The number of carbonyl (C=O) groups excluding carboxylic acids is 7. The van der Waals surface area contributed by atoms with Crippen LogP contribution in [0.4, 0.5) is 0 Å². The lowest BCUT2D eigenvalue weighted by atomic mass is 9.81. The number of ether oxygens (including phenoxy) is 9. The molecule has 0 aromatic rings. The van der Waals surface area contributed by atoms with Gasteiger partial charge in [-0.1, -0.05) is 40.3 Å². The molecule has 23 nitrogen and oxygen atoms in total.